The van der Waals surface area contributed by atoms with Gasteiger partial charge in [-0.25, -0.2) is 4.79 Å². The molecule has 0 aliphatic heterocycles. The smallest absolute Gasteiger partial charge is 0.346 e. The molecule has 0 aliphatic carbocycles. The first kappa shape index (κ1) is 18.4. The van der Waals surface area contributed by atoms with Gasteiger partial charge in [-0.2, -0.15) is 4.98 Å². The summed E-state index contributed by atoms with van der Waals surface area (Å²) in [7, 11) is 1.58. The van der Waals surface area contributed by atoms with Crippen molar-refractivity contribution in [2.75, 3.05) is 12.4 Å². The Morgan fingerprint density at radius 3 is 2.59 bits per heavy atom. The van der Waals surface area contributed by atoms with Crippen molar-refractivity contribution in [1.29, 1.82) is 0 Å². The summed E-state index contributed by atoms with van der Waals surface area (Å²) < 4.78 is 5.14. The molecule has 0 atom stereocenters. The van der Waals surface area contributed by atoms with Crippen LogP contribution in [0.15, 0.2) is 53.3 Å². The van der Waals surface area contributed by atoms with Gasteiger partial charge in [-0.05, 0) is 54.8 Å². The Labute approximate surface area is 157 Å². The number of H-pyrrole nitrogens is 1. The molecule has 6 heteroatoms. The zero-order valence-electron chi connectivity index (χ0n) is 15.5. The second-order valence-electron chi connectivity index (χ2n) is 6.13. The van der Waals surface area contributed by atoms with Gasteiger partial charge in [0, 0.05) is 11.3 Å². The van der Waals surface area contributed by atoms with E-state index in [0.29, 0.717) is 11.4 Å². The van der Waals surface area contributed by atoms with Gasteiger partial charge in [0.05, 0.1) is 12.8 Å². The van der Waals surface area contributed by atoms with Crippen LogP contribution in [0.25, 0.3) is 11.3 Å². The van der Waals surface area contributed by atoms with Gasteiger partial charge in [0.2, 0.25) is 0 Å². The topological polar surface area (TPSA) is 84.1 Å². The minimum absolute atomic E-state index is 0.158. The van der Waals surface area contributed by atoms with Gasteiger partial charge >= 0.3 is 5.69 Å². The minimum Gasteiger partial charge on any atom is -0.497 e. The van der Waals surface area contributed by atoms with Crippen molar-refractivity contribution in [2.24, 2.45) is 0 Å². The number of hydrogen-bond acceptors (Lipinski definition) is 4. The largest absolute Gasteiger partial charge is 0.497 e. The van der Waals surface area contributed by atoms with Crippen molar-refractivity contribution in [3.63, 3.8) is 0 Å². The molecule has 0 fully saturated rings. The summed E-state index contributed by atoms with van der Waals surface area (Å²) in [5.41, 5.74) is 3.51. The number of benzene rings is 2. The number of ether oxygens (including phenoxy) is 1. The van der Waals surface area contributed by atoms with E-state index in [9.17, 15) is 9.59 Å². The second kappa shape index (κ2) is 7.86. The molecule has 0 bridgehead atoms. The van der Waals surface area contributed by atoms with Crippen LogP contribution in [0.5, 0.6) is 5.75 Å². The van der Waals surface area contributed by atoms with E-state index >= 15 is 0 Å². The van der Waals surface area contributed by atoms with E-state index in [1.807, 2.05) is 32.0 Å². The highest BCUT2D eigenvalue weighted by molar-refractivity contribution is 6.04. The van der Waals surface area contributed by atoms with Gasteiger partial charge in [-0.15, -0.1) is 0 Å². The van der Waals surface area contributed by atoms with Crippen molar-refractivity contribution >= 4 is 11.6 Å². The Bertz CT molecular complexity index is 1020. The fourth-order valence-electron chi connectivity index (χ4n) is 2.87. The van der Waals surface area contributed by atoms with E-state index in [4.69, 9.17) is 4.74 Å². The number of rotatable bonds is 5. The number of para-hydroxylation sites is 1. The number of methoxy groups -OCH3 is 1. The summed E-state index contributed by atoms with van der Waals surface area (Å²) >= 11 is 0. The number of carbonyl (C=O) groups is 1. The summed E-state index contributed by atoms with van der Waals surface area (Å²) in [6.45, 7) is 3.97. The summed E-state index contributed by atoms with van der Waals surface area (Å²) in [6, 6.07) is 14.6. The Morgan fingerprint density at radius 1 is 1.19 bits per heavy atom. The number of hydrogen-bond donors (Lipinski definition) is 2. The molecule has 2 N–H and O–H groups in total. The van der Waals surface area contributed by atoms with Gasteiger partial charge in [0.15, 0.2) is 0 Å². The summed E-state index contributed by atoms with van der Waals surface area (Å²) in [5.74, 6) is 0.321. The Morgan fingerprint density at radius 2 is 1.93 bits per heavy atom. The molecule has 0 aliphatic rings. The van der Waals surface area contributed by atoms with Crippen LogP contribution in [0, 0.1) is 6.92 Å². The third-order valence-corrected chi connectivity index (χ3v) is 4.35. The maximum atomic E-state index is 12.7. The average Bonchev–Trinajstić information content (AvgIpc) is 2.69. The highest BCUT2D eigenvalue weighted by Gasteiger charge is 2.14. The maximum absolute atomic E-state index is 12.7. The molecule has 0 spiro atoms. The first-order valence-corrected chi connectivity index (χ1v) is 8.67. The van der Waals surface area contributed by atoms with E-state index < -0.39 is 5.69 Å². The Kier molecular flexibility index (Phi) is 5.35. The van der Waals surface area contributed by atoms with E-state index in [1.54, 1.807) is 37.4 Å². The monoisotopic (exact) mass is 363 g/mol. The van der Waals surface area contributed by atoms with Gasteiger partial charge in [-0.3, -0.25) is 4.79 Å². The van der Waals surface area contributed by atoms with Crippen LogP contribution >= 0.6 is 0 Å². The quantitative estimate of drug-likeness (QED) is 0.726. The third-order valence-electron chi connectivity index (χ3n) is 4.35. The molecule has 1 heterocycles. The highest BCUT2D eigenvalue weighted by atomic mass is 16.5. The number of aryl methyl sites for hydroxylation is 2. The number of aromatic nitrogens is 2. The lowest BCUT2D eigenvalue weighted by Gasteiger charge is -2.13. The van der Waals surface area contributed by atoms with Crippen LogP contribution in [0.3, 0.4) is 0 Å². The molecule has 3 aromatic rings. The molecule has 1 aromatic heterocycles. The Hall–Kier alpha value is -3.41. The van der Waals surface area contributed by atoms with Gasteiger partial charge in [0.1, 0.15) is 11.4 Å². The molecule has 0 saturated heterocycles. The summed E-state index contributed by atoms with van der Waals surface area (Å²) in [6.07, 6.45) is 0.793. The van der Waals surface area contributed by atoms with Crippen molar-refractivity contribution in [2.45, 2.75) is 20.3 Å². The highest BCUT2D eigenvalue weighted by Crippen LogP contribution is 2.23. The van der Waals surface area contributed by atoms with Crippen LogP contribution in [-0.4, -0.2) is 23.0 Å². The molecule has 27 heavy (non-hydrogen) atoms. The number of amides is 1. The molecule has 0 unspecified atom stereocenters. The summed E-state index contributed by atoms with van der Waals surface area (Å²) in [4.78, 5) is 31.2. The molecule has 0 radical (unpaired) electrons. The first-order chi connectivity index (χ1) is 13.0. The van der Waals surface area contributed by atoms with Crippen molar-refractivity contribution < 1.29 is 9.53 Å². The van der Waals surface area contributed by atoms with Gasteiger partial charge in [-0.1, -0.05) is 25.1 Å². The number of nitrogens with zero attached hydrogens (tertiary/aromatic N) is 1. The second-order valence-corrected chi connectivity index (χ2v) is 6.13. The number of carbonyl (C=O) groups excluding carboxylic acids is 1. The SMILES string of the molecule is CCc1cccc(C)c1NC(=O)c1cc(-c2ccc(OC)cc2)nc(=O)[nH]1. The van der Waals surface area contributed by atoms with Crippen LogP contribution in [-0.2, 0) is 6.42 Å². The van der Waals surface area contributed by atoms with E-state index in [1.165, 1.54) is 0 Å². The number of aromatic amines is 1. The van der Waals surface area contributed by atoms with Crippen LogP contribution < -0.4 is 15.7 Å². The lowest BCUT2D eigenvalue weighted by atomic mass is 10.1. The number of anilines is 1. The van der Waals surface area contributed by atoms with Crippen molar-refractivity contribution in [1.82, 2.24) is 9.97 Å². The van der Waals surface area contributed by atoms with Crippen molar-refractivity contribution in [3.8, 4) is 17.0 Å². The minimum atomic E-state index is -0.575. The van der Waals surface area contributed by atoms with Crippen LogP contribution in [0.4, 0.5) is 5.69 Å². The average molecular weight is 363 g/mol. The summed E-state index contributed by atoms with van der Waals surface area (Å²) in [5, 5.41) is 2.91. The zero-order valence-corrected chi connectivity index (χ0v) is 15.5. The molecule has 3 rings (SSSR count). The van der Waals surface area contributed by atoms with Crippen LogP contribution in [0.2, 0.25) is 0 Å². The number of nitrogens with one attached hydrogen (secondary N) is 2. The van der Waals surface area contributed by atoms with Gasteiger partial charge in [0.25, 0.3) is 5.91 Å². The zero-order chi connectivity index (χ0) is 19.4. The molecule has 0 saturated carbocycles. The third kappa shape index (κ3) is 4.06. The van der Waals surface area contributed by atoms with Crippen molar-refractivity contribution in [3.05, 3.63) is 75.8 Å². The molecule has 2 aromatic carbocycles. The molecular formula is C21H21N3O3. The molecule has 1 amide bonds. The molecule has 138 valence electrons. The lowest BCUT2D eigenvalue weighted by Crippen LogP contribution is -2.22. The normalized spacial score (nSPS) is 10.5. The molecular weight excluding hydrogens is 342 g/mol. The molecule has 6 nitrogen and oxygen atoms in total. The maximum Gasteiger partial charge on any atom is 0.346 e. The van der Waals surface area contributed by atoms with E-state index in [2.05, 4.69) is 15.3 Å². The fourth-order valence-corrected chi connectivity index (χ4v) is 2.87. The standard InChI is InChI=1S/C21H21N3O3/c1-4-14-7-5-6-13(2)19(14)24-20(25)18-12-17(22-21(26)23-18)15-8-10-16(27-3)11-9-15/h5-12H,4H2,1-3H3,(H,24,25)(H,22,23,26). The van der Waals surface area contributed by atoms with E-state index in [-0.39, 0.29) is 11.6 Å². The first-order valence-electron chi connectivity index (χ1n) is 8.67. The van der Waals surface area contributed by atoms with Crippen LogP contribution in [0.1, 0.15) is 28.5 Å². The fraction of sp³-hybridized carbons (Fsp3) is 0.190. The van der Waals surface area contributed by atoms with Gasteiger partial charge < -0.3 is 15.0 Å². The lowest BCUT2D eigenvalue weighted by molar-refractivity contribution is 0.102. The predicted octanol–water partition coefficient (Wildman–Crippen LogP) is 3.57. The predicted molar refractivity (Wildman–Crippen MR) is 105 cm³/mol. The van der Waals surface area contributed by atoms with E-state index in [0.717, 1.165) is 28.8 Å². The Balaban J connectivity index is 1.94.